The number of para-hydroxylation sites is 1. The van der Waals surface area contributed by atoms with Gasteiger partial charge in [-0.05, 0) is 48.6 Å². The highest BCUT2D eigenvalue weighted by atomic mass is 32.1. The second-order valence-electron chi connectivity index (χ2n) is 6.46. The van der Waals surface area contributed by atoms with Crippen molar-refractivity contribution in [1.82, 2.24) is 19.2 Å². The summed E-state index contributed by atoms with van der Waals surface area (Å²) in [7, 11) is 0. The predicted molar refractivity (Wildman–Crippen MR) is 103 cm³/mol. The van der Waals surface area contributed by atoms with E-state index in [1.165, 1.54) is 18.2 Å². The number of nitrogens with zero attached hydrogens (tertiary/aromatic N) is 5. The highest BCUT2D eigenvalue weighted by Gasteiger charge is 2.18. The number of benzene rings is 2. The van der Waals surface area contributed by atoms with Gasteiger partial charge in [0.1, 0.15) is 18.0 Å². The number of hydrogen-bond donors (Lipinski definition) is 0. The third kappa shape index (κ3) is 3.77. The predicted octanol–water partition coefficient (Wildman–Crippen LogP) is 3.46. The van der Waals surface area contributed by atoms with E-state index in [1.807, 2.05) is 0 Å². The van der Waals surface area contributed by atoms with E-state index in [-0.39, 0.29) is 11.6 Å². The Kier molecular flexibility index (Phi) is 5.00. The fraction of sp³-hybridized carbons (Fsp3) is 0.263. The van der Waals surface area contributed by atoms with Crippen LogP contribution in [0.5, 0.6) is 0 Å². The van der Waals surface area contributed by atoms with Gasteiger partial charge >= 0.3 is 0 Å². The zero-order valence-corrected chi connectivity index (χ0v) is 15.4. The average molecular weight is 387 g/mol. The first-order valence-corrected chi connectivity index (χ1v) is 9.15. The van der Waals surface area contributed by atoms with Gasteiger partial charge in [-0.25, -0.2) is 13.5 Å². The van der Waals surface area contributed by atoms with E-state index < -0.39 is 0 Å². The summed E-state index contributed by atoms with van der Waals surface area (Å²) < 4.78 is 30.8. The molecule has 0 spiro atoms. The topological polar surface area (TPSA) is 29.2 Å². The number of rotatable bonds is 4. The number of hydrogen-bond acceptors (Lipinski definition) is 4. The molecular weight excluding hydrogens is 368 g/mol. The summed E-state index contributed by atoms with van der Waals surface area (Å²) in [5, 5.41) is 4.33. The van der Waals surface area contributed by atoms with E-state index in [0.717, 1.165) is 31.9 Å². The van der Waals surface area contributed by atoms with Crippen molar-refractivity contribution in [1.29, 1.82) is 0 Å². The zero-order valence-electron chi connectivity index (χ0n) is 14.6. The summed E-state index contributed by atoms with van der Waals surface area (Å²) in [6.45, 7) is 3.91. The van der Waals surface area contributed by atoms with Crippen molar-refractivity contribution in [2.24, 2.45) is 0 Å². The molecule has 8 heteroatoms. The van der Waals surface area contributed by atoms with Crippen LogP contribution >= 0.6 is 12.2 Å². The van der Waals surface area contributed by atoms with E-state index >= 15 is 0 Å². The summed E-state index contributed by atoms with van der Waals surface area (Å²) in [5.74, 6) is -0.557. The van der Waals surface area contributed by atoms with Crippen LogP contribution < -0.4 is 4.90 Å². The van der Waals surface area contributed by atoms with Crippen molar-refractivity contribution in [3.05, 3.63) is 71.3 Å². The molecule has 27 heavy (non-hydrogen) atoms. The maximum atomic E-state index is 14.0. The Morgan fingerprint density at radius 3 is 2.33 bits per heavy atom. The molecule has 0 unspecified atom stereocenters. The Labute approximate surface area is 161 Å². The van der Waals surface area contributed by atoms with Gasteiger partial charge in [-0.1, -0.05) is 12.1 Å². The molecule has 0 atom stereocenters. The summed E-state index contributed by atoms with van der Waals surface area (Å²) >= 11 is 5.47. The summed E-state index contributed by atoms with van der Waals surface area (Å²) in [6, 6.07) is 13.1. The molecule has 0 N–H and O–H groups in total. The van der Waals surface area contributed by atoms with Gasteiger partial charge < -0.3 is 4.90 Å². The Bertz CT molecular complexity index is 974. The standard InChI is InChI=1S/C19H19F2N5S/c20-15-5-7-16(8-6-15)24-11-9-23(10-12-24)14-26-19(27)25(13-22-26)18-4-2-1-3-17(18)21/h1-8,13H,9-12,14H2. The van der Waals surface area contributed by atoms with E-state index in [4.69, 9.17) is 12.2 Å². The van der Waals surface area contributed by atoms with Crippen molar-refractivity contribution < 1.29 is 8.78 Å². The number of piperazine rings is 1. The van der Waals surface area contributed by atoms with Crippen molar-refractivity contribution in [2.75, 3.05) is 31.1 Å². The molecule has 140 valence electrons. The third-order valence-corrected chi connectivity index (χ3v) is 5.15. The van der Waals surface area contributed by atoms with Crippen LogP contribution in [-0.2, 0) is 6.67 Å². The van der Waals surface area contributed by atoms with Crippen molar-refractivity contribution in [3.8, 4) is 5.69 Å². The van der Waals surface area contributed by atoms with Gasteiger partial charge in [-0.3, -0.25) is 9.47 Å². The lowest BCUT2D eigenvalue weighted by Crippen LogP contribution is -2.47. The van der Waals surface area contributed by atoms with Gasteiger partial charge in [0, 0.05) is 31.9 Å². The average Bonchev–Trinajstić information content (AvgIpc) is 3.04. The fourth-order valence-electron chi connectivity index (χ4n) is 3.24. The van der Waals surface area contributed by atoms with Crippen LogP contribution in [0, 0.1) is 16.4 Å². The molecule has 1 fully saturated rings. The number of anilines is 1. The molecule has 0 bridgehead atoms. The SMILES string of the molecule is Fc1ccc(N2CCN(Cn3ncn(-c4ccccc4F)c3=S)CC2)cc1. The summed E-state index contributed by atoms with van der Waals surface area (Å²) in [4.78, 5) is 4.47. The molecule has 2 heterocycles. The molecule has 0 saturated carbocycles. The monoisotopic (exact) mass is 387 g/mol. The molecule has 1 aromatic heterocycles. The molecule has 0 radical (unpaired) electrons. The quantitative estimate of drug-likeness (QED) is 0.641. The normalized spacial score (nSPS) is 15.3. The van der Waals surface area contributed by atoms with Gasteiger partial charge in [0.2, 0.25) is 4.77 Å². The van der Waals surface area contributed by atoms with Crippen LogP contribution in [0.15, 0.2) is 54.9 Å². The van der Waals surface area contributed by atoms with Gasteiger partial charge in [-0.15, -0.1) is 0 Å². The minimum atomic E-state index is -0.332. The first kappa shape index (κ1) is 17.8. The summed E-state index contributed by atoms with van der Waals surface area (Å²) in [5.41, 5.74) is 1.42. The molecule has 1 saturated heterocycles. The molecule has 3 aromatic rings. The second kappa shape index (κ2) is 7.58. The van der Waals surface area contributed by atoms with Crippen LogP contribution in [0.2, 0.25) is 0 Å². The zero-order chi connectivity index (χ0) is 18.8. The maximum absolute atomic E-state index is 14.0. The molecule has 2 aromatic carbocycles. The van der Waals surface area contributed by atoms with Crippen LogP contribution in [0.1, 0.15) is 0 Å². The maximum Gasteiger partial charge on any atom is 0.203 e. The smallest absolute Gasteiger partial charge is 0.203 e. The molecular formula is C19H19F2N5S. The molecule has 5 nitrogen and oxygen atoms in total. The lowest BCUT2D eigenvalue weighted by atomic mass is 10.2. The molecule has 1 aliphatic rings. The van der Waals surface area contributed by atoms with Gasteiger partial charge in [0.05, 0.1) is 12.4 Å². The van der Waals surface area contributed by atoms with Gasteiger partial charge in [0.25, 0.3) is 0 Å². The highest BCUT2D eigenvalue weighted by molar-refractivity contribution is 7.71. The van der Waals surface area contributed by atoms with E-state index in [2.05, 4.69) is 14.9 Å². The van der Waals surface area contributed by atoms with E-state index in [9.17, 15) is 8.78 Å². The minimum Gasteiger partial charge on any atom is -0.369 e. The van der Waals surface area contributed by atoms with Crippen LogP contribution in [0.3, 0.4) is 0 Å². The minimum absolute atomic E-state index is 0.225. The Balaban J connectivity index is 1.42. The number of aromatic nitrogens is 3. The molecule has 1 aliphatic heterocycles. The lowest BCUT2D eigenvalue weighted by molar-refractivity contribution is 0.194. The van der Waals surface area contributed by atoms with Crippen LogP contribution in [0.4, 0.5) is 14.5 Å². The lowest BCUT2D eigenvalue weighted by Gasteiger charge is -2.35. The fourth-order valence-corrected chi connectivity index (χ4v) is 3.49. The van der Waals surface area contributed by atoms with Crippen molar-refractivity contribution in [2.45, 2.75) is 6.67 Å². The van der Waals surface area contributed by atoms with Gasteiger partial charge in [-0.2, -0.15) is 5.10 Å². The summed E-state index contributed by atoms with van der Waals surface area (Å²) in [6.07, 6.45) is 1.55. The van der Waals surface area contributed by atoms with E-state index in [0.29, 0.717) is 17.1 Å². The van der Waals surface area contributed by atoms with Gasteiger partial charge in [0.15, 0.2) is 0 Å². The van der Waals surface area contributed by atoms with Crippen LogP contribution in [-0.4, -0.2) is 45.4 Å². The largest absolute Gasteiger partial charge is 0.369 e. The van der Waals surface area contributed by atoms with E-state index in [1.54, 1.807) is 45.9 Å². The van der Waals surface area contributed by atoms with Crippen LogP contribution in [0.25, 0.3) is 5.69 Å². The first-order valence-electron chi connectivity index (χ1n) is 8.74. The van der Waals surface area contributed by atoms with Crippen molar-refractivity contribution in [3.63, 3.8) is 0 Å². The molecule has 0 aliphatic carbocycles. The Morgan fingerprint density at radius 1 is 0.926 bits per heavy atom. The number of halogens is 2. The Morgan fingerprint density at radius 2 is 1.63 bits per heavy atom. The highest BCUT2D eigenvalue weighted by Crippen LogP contribution is 2.18. The third-order valence-electron chi connectivity index (χ3n) is 4.74. The second-order valence-corrected chi connectivity index (χ2v) is 6.82. The molecule has 0 amide bonds. The first-order chi connectivity index (χ1) is 13.1. The molecule has 4 rings (SSSR count). The Hall–Kier alpha value is -2.58. The van der Waals surface area contributed by atoms with Crippen molar-refractivity contribution >= 4 is 17.9 Å².